The van der Waals surface area contributed by atoms with Crippen LogP contribution in [0, 0.1) is 0 Å². The molecule has 0 radical (unpaired) electrons. The monoisotopic (exact) mass is 255 g/mol. The summed E-state index contributed by atoms with van der Waals surface area (Å²) in [5.41, 5.74) is 5.76. The molecule has 3 N–H and O–H groups in total. The van der Waals surface area contributed by atoms with E-state index in [1.165, 1.54) is 24.3 Å². The molecular formula is C11H11F2N3O2. The van der Waals surface area contributed by atoms with Gasteiger partial charge >= 0.3 is 0 Å². The largest absolute Gasteiger partial charge is 0.382 e. The number of carbonyl (C=O) groups is 1. The summed E-state index contributed by atoms with van der Waals surface area (Å²) in [7, 11) is 0. The van der Waals surface area contributed by atoms with Crippen LogP contribution in [-0.2, 0) is 4.79 Å². The number of nitrogens with zero attached hydrogens (tertiary/aromatic N) is 1. The van der Waals surface area contributed by atoms with Gasteiger partial charge in [-0.05, 0) is 17.7 Å². The first-order valence-corrected chi connectivity index (χ1v) is 5.25. The van der Waals surface area contributed by atoms with Crippen molar-refractivity contribution in [3.63, 3.8) is 0 Å². The Morgan fingerprint density at radius 3 is 2.44 bits per heavy atom. The van der Waals surface area contributed by atoms with Crippen molar-refractivity contribution in [1.82, 2.24) is 10.9 Å². The van der Waals surface area contributed by atoms with Gasteiger partial charge in [-0.15, -0.1) is 0 Å². The number of alkyl halides is 2. The van der Waals surface area contributed by atoms with Crippen molar-refractivity contribution in [2.45, 2.75) is 12.5 Å². The van der Waals surface area contributed by atoms with Crippen LogP contribution in [0.25, 0.3) is 0 Å². The molecule has 5 nitrogen and oxygen atoms in total. The van der Waals surface area contributed by atoms with Crippen LogP contribution >= 0.6 is 0 Å². The molecule has 0 aromatic heterocycles. The number of amidine groups is 1. The molecule has 0 aliphatic carbocycles. The maximum absolute atomic E-state index is 12.3. The molecule has 1 aromatic carbocycles. The van der Waals surface area contributed by atoms with Crippen molar-refractivity contribution < 1.29 is 18.7 Å². The molecule has 0 saturated carbocycles. The van der Waals surface area contributed by atoms with Gasteiger partial charge in [0.25, 0.3) is 6.43 Å². The van der Waals surface area contributed by atoms with Crippen molar-refractivity contribution >= 4 is 17.3 Å². The van der Waals surface area contributed by atoms with E-state index in [9.17, 15) is 13.6 Å². The van der Waals surface area contributed by atoms with Crippen LogP contribution in [-0.4, -0.2) is 29.7 Å². The zero-order valence-electron chi connectivity index (χ0n) is 9.23. The van der Waals surface area contributed by atoms with Crippen LogP contribution in [0.1, 0.15) is 11.7 Å². The molecule has 1 aromatic rings. The summed E-state index contributed by atoms with van der Waals surface area (Å²) in [5.74, 6) is 0.00356. The zero-order chi connectivity index (χ0) is 13.1. The molecule has 2 rings (SSSR count). The summed E-state index contributed by atoms with van der Waals surface area (Å²) in [6.07, 6.45) is -4.64. The average Bonchev–Trinajstić information content (AvgIpc) is 2.75. The van der Waals surface area contributed by atoms with Gasteiger partial charge in [-0.25, -0.2) is 19.2 Å². The molecule has 1 fully saturated rings. The van der Waals surface area contributed by atoms with Crippen LogP contribution in [0.3, 0.4) is 0 Å². The van der Waals surface area contributed by atoms with E-state index in [0.29, 0.717) is 5.69 Å². The molecule has 1 unspecified atom stereocenters. The molecule has 0 amide bonds. The summed E-state index contributed by atoms with van der Waals surface area (Å²) >= 11 is 0. The number of ketones is 1. The highest BCUT2D eigenvalue weighted by molar-refractivity contribution is 6.41. The minimum absolute atomic E-state index is 0.109. The first-order valence-electron chi connectivity index (χ1n) is 5.25. The van der Waals surface area contributed by atoms with E-state index < -0.39 is 12.5 Å². The molecule has 18 heavy (non-hydrogen) atoms. The zero-order valence-corrected chi connectivity index (χ0v) is 9.23. The Labute approximate surface area is 102 Å². The molecule has 1 saturated heterocycles. The fourth-order valence-electron chi connectivity index (χ4n) is 1.47. The second-order valence-corrected chi connectivity index (χ2v) is 3.73. The van der Waals surface area contributed by atoms with Crippen LogP contribution in [0.2, 0.25) is 0 Å². The van der Waals surface area contributed by atoms with Crippen LogP contribution in [0.4, 0.5) is 14.5 Å². The smallest absolute Gasteiger partial charge is 0.268 e. The third-order valence-electron chi connectivity index (χ3n) is 2.43. The van der Waals surface area contributed by atoms with Crippen LogP contribution in [0.5, 0.6) is 0 Å². The highest BCUT2D eigenvalue weighted by Gasteiger charge is 2.19. The van der Waals surface area contributed by atoms with Gasteiger partial charge in [0.2, 0.25) is 5.78 Å². The van der Waals surface area contributed by atoms with Gasteiger partial charge < -0.3 is 10.5 Å². The normalized spacial score (nSPS) is 19.3. The maximum atomic E-state index is 12.3. The van der Waals surface area contributed by atoms with Gasteiger partial charge in [0.05, 0.1) is 12.2 Å². The third kappa shape index (κ3) is 2.69. The van der Waals surface area contributed by atoms with E-state index >= 15 is 0 Å². The van der Waals surface area contributed by atoms with Crippen molar-refractivity contribution in [2.24, 2.45) is 4.99 Å². The van der Waals surface area contributed by atoms with Crippen molar-refractivity contribution in [3.8, 4) is 0 Å². The second-order valence-electron chi connectivity index (χ2n) is 3.73. The van der Waals surface area contributed by atoms with Crippen LogP contribution in [0.15, 0.2) is 29.3 Å². The topological polar surface area (TPSA) is 73.7 Å². The number of halogens is 2. The molecule has 96 valence electrons. The van der Waals surface area contributed by atoms with E-state index in [-0.39, 0.29) is 23.7 Å². The number of aliphatic hydroxyl groups excluding tert-OH is 1. The fraction of sp³-hybridized carbons (Fsp3) is 0.273. The Morgan fingerprint density at radius 1 is 1.28 bits per heavy atom. The van der Waals surface area contributed by atoms with Gasteiger partial charge in [0.15, 0.2) is 5.84 Å². The summed E-state index contributed by atoms with van der Waals surface area (Å²) in [6, 6.07) is 5.62. The van der Waals surface area contributed by atoms with Crippen LogP contribution < -0.4 is 10.9 Å². The SMILES string of the molecule is O=C1CNNC1=Nc1ccc(C(O)C(F)F)cc1. The lowest BCUT2D eigenvalue weighted by atomic mass is 10.1. The number of Topliss-reactive ketones (excluding diaryl/α,β-unsaturated/α-hetero) is 1. The molecule has 7 heteroatoms. The number of hydrogen-bond acceptors (Lipinski definition) is 4. The fourth-order valence-corrected chi connectivity index (χ4v) is 1.47. The van der Waals surface area contributed by atoms with Crippen molar-refractivity contribution in [3.05, 3.63) is 29.8 Å². The lowest BCUT2D eigenvalue weighted by molar-refractivity contribution is -0.111. The summed E-state index contributed by atoms with van der Waals surface area (Å²) < 4.78 is 24.5. The Morgan fingerprint density at radius 2 is 1.94 bits per heavy atom. The van der Waals surface area contributed by atoms with Gasteiger partial charge in [0.1, 0.15) is 6.10 Å². The van der Waals surface area contributed by atoms with Gasteiger partial charge in [-0.3, -0.25) is 4.79 Å². The predicted molar refractivity (Wildman–Crippen MR) is 60.6 cm³/mol. The number of hydrogen-bond donors (Lipinski definition) is 3. The van der Waals surface area contributed by atoms with E-state index in [1.807, 2.05) is 0 Å². The van der Waals surface area contributed by atoms with Crippen molar-refractivity contribution in [1.29, 1.82) is 0 Å². The van der Waals surface area contributed by atoms with E-state index in [0.717, 1.165) is 0 Å². The summed E-state index contributed by atoms with van der Waals surface area (Å²) in [5, 5.41) is 9.15. The lowest BCUT2D eigenvalue weighted by Crippen LogP contribution is -2.26. The molecule has 1 heterocycles. The number of rotatable bonds is 3. The molecular weight excluding hydrogens is 244 g/mol. The number of carbonyl (C=O) groups excluding carboxylic acids is 1. The average molecular weight is 255 g/mol. The standard InChI is InChI=1S/C11H11F2N3O2/c12-10(13)9(18)6-1-3-7(4-2-6)15-11-8(17)5-14-16-11/h1-4,9-10,14,18H,5H2,(H,15,16). The van der Waals surface area contributed by atoms with Gasteiger partial charge in [-0.1, -0.05) is 12.1 Å². The Hall–Kier alpha value is -1.86. The first-order chi connectivity index (χ1) is 8.58. The highest BCUT2D eigenvalue weighted by Crippen LogP contribution is 2.22. The number of aliphatic hydroxyl groups is 1. The lowest BCUT2D eigenvalue weighted by Gasteiger charge is -2.09. The molecule has 1 atom stereocenters. The number of aliphatic imine (C=N–C) groups is 1. The Kier molecular flexibility index (Phi) is 3.63. The first kappa shape index (κ1) is 12.6. The number of benzene rings is 1. The van der Waals surface area contributed by atoms with E-state index in [1.54, 1.807) is 0 Å². The molecule has 0 spiro atoms. The predicted octanol–water partition coefficient (Wildman–Crippen LogP) is 0.692. The summed E-state index contributed by atoms with van der Waals surface area (Å²) in [6.45, 7) is 0.168. The quantitative estimate of drug-likeness (QED) is 0.743. The van der Waals surface area contributed by atoms with Gasteiger partial charge in [0, 0.05) is 0 Å². The summed E-state index contributed by atoms with van der Waals surface area (Å²) in [4.78, 5) is 15.3. The highest BCUT2D eigenvalue weighted by atomic mass is 19.3. The minimum atomic E-state index is -2.83. The third-order valence-corrected chi connectivity index (χ3v) is 2.43. The van der Waals surface area contributed by atoms with Gasteiger partial charge in [-0.2, -0.15) is 0 Å². The minimum Gasteiger partial charge on any atom is -0.382 e. The number of nitrogens with one attached hydrogen (secondary N) is 2. The van der Waals surface area contributed by atoms with E-state index in [2.05, 4.69) is 15.8 Å². The molecule has 1 aliphatic rings. The number of hydrazine groups is 1. The van der Waals surface area contributed by atoms with Crippen molar-refractivity contribution in [2.75, 3.05) is 6.54 Å². The Bertz CT molecular complexity index is 474. The second kappa shape index (κ2) is 5.19. The molecule has 1 aliphatic heterocycles. The Balaban J connectivity index is 2.15. The molecule has 0 bridgehead atoms. The maximum Gasteiger partial charge on any atom is 0.268 e. The van der Waals surface area contributed by atoms with E-state index in [4.69, 9.17) is 5.11 Å².